The molecule has 0 aromatic heterocycles. The van der Waals surface area contributed by atoms with Crippen LogP contribution in [0.5, 0.6) is 17.2 Å². The molecule has 0 spiro atoms. The number of para-hydroxylation sites is 1. The molecule has 212 valence electrons. The van der Waals surface area contributed by atoms with Crippen LogP contribution in [-0.4, -0.2) is 54.7 Å². The molecular weight excluding hydrogens is 546 g/mol. The molecule has 2 N–H and O–H groups in total. The number of imide groups is 1. The molecule has 1 heterocycles. The van der Waals surface area contributed by atoms with E-state index in [0.717, 1.165) is 22.2 Å². The first-order valence-electron chi connectivity index (χ1n) is 12.7. The van der Waals surface area contributed by atoms with Gasteiger partial charge in [-0.25, -0.2) is 0 Å². The van der Waals surface area contributed by atoms with Gasteiger partial charge >= 0.3 is 0 Å². The number of anilines is 2. The van der Waals surface area contributed by atoms with Crippen molar-refractivity contribution in [2.24, 2.45) is 0 Å². The van der Waals surface area contributed by atoms with Crippen molar-refractivity contribution in [3.63, 3.8) is 0 Å². The molecule has 1 saturated heterocycles. The van der Waals surface area contributed by atoms with Gasteiger partial charge in [0.15, 0.2) is 18.1 Å². The SMILES string of the molecule is CCOc1cc(/C=C2\SC(=O)N(CC(=O)Nc3ccc(OC)cc3)C2=O)ccc1OCC(=O)Nc1ccccc1C. The average Bonchev–Trinajstić information content (AvgIpc) is 3.21. The van der Waals surface area contributed by atoms with E-state index < -0.39 is 23.6 Å². The molecule has 1 aliphatic heterocycles. The molecule has 0 bridgehead atoms. The van der Waals surface area contributed by atoms with Crippen LogP contribution in [0.3, 0.4) is 0 Å². The molecule has 41 heavy (non-hydrogen) atoms. The minimum atomic E-state index is -0.573. The molecule has 1 aliphatic rings. The molecule has 0 atom stereocenters. The van der Waals surface area contributed by atoms with Gasteiger partial charge in [-0.15, -0.1) is 0 Å². The van der Waals surface area contributed by atoms with E-state index in [2.05, 4.69) is 10.6 Å². The molecule has 0 radical (unpaired) electrons. The van der Waals surface area contributed by atoms with Gasteiger partial charge in [0.1, 0.15) is 12.3 Å². The summed E-state index contributed by atoms with van der Waals surface area (Å²) in [4.78, 5) is 51.4. The average molecular weight is 576 g/mol. The summed E-state index contributed by atoms with van der Waals surface area (Å²) < 4.78 is 16.5. The van der Waals surface area contributed by atoms with Gasteiger partial charge in [-0.3, -0.25) is 24.1 Å². The molecule has 1 fully saturated rings. The lowest BCUT2D eigenvalue weighted by Crippen LogP contribution is -2.36. The maximum Gasteiger partial charge on any atom is 0.294 e. The number of carbonyl (C=O) groups excluding carboxylic acids is 4. The second-order valence-corrected chi connectivity index (χ2v) is 9.83. The number of methoxy groups -OCH3 is 1. The largest absolute Gasteiger partial charge is 0.497 e. The van der Waals surface area contributed by atoms with E-state index in [-0.39, 0.29) is 17.4 Å². The fraction of sp³-hybridized carbons (Fsp3) is 0.200. The fourth-order valence-corrected chi connectivity index (χ4v) is 4.69. The van der Waals surface area contributed by atoms with Gasteiger partial charge in [0.2, 0.25) is 5.91 Å². The number of aryl methyl sites for hydroxylation is 1. The summed E-state index contributed by atoms with van der Waals surface area (Å²) in [6.07, 6.45) is 1.55. The van der Waals surface area contributed by atoms with E-state index in [1.54, 1.807) is 48.5 Å². The highest BCUT2D eigenvalue weighted by atomic mass is 32.2. The molecule has 3 aromatic carbocycles. The van der Waals surface area contributed by atoms with Gasteiger partial charge in [0, 0.05) is 11.4 Å². The Morgan fingerprint density at radius 2 is 1.68 bits per heavy atom. The number of hydrogen-bond acceptors (Lipinski definition) is 8. The predicted octanol–water partition coefficient (Wildman–Crippen LogP) is 5.09. The summed E-state index contributed by atoms with van der Waals surface area (Å²) in [5.41, 5.74) is 2.73. The molecule has 11 heteroatoms. The fourth-order valence-electron chi connectivity index (χ4n) is 3.85. The number of carbonyl (C=O) groups is 4. The highest BCUT2D eigenvalue weighted by Crippen LogP contribution is 2.34. The predicted molar refractivity (Wildman–Crippen MR) is 157 cm³/mol. The molecule has 4 rings (SSSR count). The highest BCUT2D eigenvalue weighted by Gasteiger charge is 2.36. The zero-order valence-electron chi connectivity index (χ0n) is 22.8. The van der Waals surface area contributed by atoms with E-state index >= 15 is 0 Å². The Bertz CT molecular complexity index is 1490. The van der Waals surface area contributed by atoms with E-state index in [1.807, 2.05) is 38.1 Å². The van der Waals surface area contributed by atoms with Crippen LogP contribution in [0.2, 0.25) is 0 Å². The third kappa shape index (κ3) is 7.67. The maximum atomic E-state index is 12.9. The Kier molecular flexibility index (Phi) is 9.64. The van der Waals surface area contributed by atoms with Crippen molar-refractivity contribution < 1.29 is 33.4 Å². The monoisotopic (exact) mass is 575 g/mol. The van der Waals surface area contributed by atoms with Crippen molar-refractivity contribution >= 4 is 52.2 Å². The topological polar surface area (TPSA) is 123 Å². The van der Waals surface area contributed by atoms with Crippen molar-refractivity contribution in [2.75, 3.05) is 37.5 Å². The van der Waals surface area contributed by atoms with Crippen molar-refractivity contribution in [2.45, 2.75) is 13.8 Å². The molecule has 0 saturated carbocycles. The Hall–Kier alpha value is -4.77. The summed E-state index contributed by atoms with van der Waals surface area (Å²) in [5, 5.41) is 4.93. The lowest BCUT2D eigenvalue weighted by molar-refractivity contribution is -0.127. The third-order valence-electron chi connectivity index (χ3n) is 5.89. The number of nitrogens with zero attached hydrogens (tertiary/aromatic N) is 1. The standard InChI is InChI=1S/C30H29N3O7S/c1-4-39-25-15-20(9-14-24(25)40-18-28(35)32-23-8-6-5-7-19(23)2)16-26-29(36)33(30(37)41-26)17-27(34)31-21-10-12-22(38-3)13-11-21/h5-16H,4,17-18H2,1-3H3,(H,31,34)(H,32,35)/b26-16-. The van der Waals surface area contributed by atoms with Crippen LogP contribution in [0, 0.1) is 6.92 Å². The smallest absolute Gasteiger partial charge is 0.294 e. The first kappa shape index (κ1) is 29.2. The Labute approximate surface area is 241 Å². The zero-order chi connectivity index (χ0) is 29.4. The molecule has 4 amide bonds. The first-order valence-corrected chi connectivity index (χ1v) is 13.5. The van der Waals surface area contributed by atoms with Gasteiger partial charge in [0.05, 0.1) is 18.6 Å². The van der Waals surface area contributed by atoms with Crippen molar-refractivity contribution in [3.8, 4) is 17.2 Å². The number of rotatable bonds is 11. The van der Waals surface area contributed by atoms with Gasteiger partial charge in [0.25, 0.3) is 17.1 Å². The number of thioether (sulfide) groups is 1. The first-order chi connectivity index (χ1) is 19.8. The maximum absolute atomic E-state index is 12.9. The van der Waals surface area contributed by atoms with Gasteiger partial charge in [-0.2, -0.15) is 0 Å². The summed E-state index contributed by atoms with van der Waals surface area (Å²) in [6, 6.07) is 19.1. The summed E-state index contributed by atoms with van der Waals surface area (Å²) in [7, 11) is 1.54. The second kappa shape index (κ2) is 13.5. The van der Waals surface area contributed by atoms with Crippen LogP contribution >= 0.6 is 11.8 Å². The van der Waals surface area contributed by atoms with Crippen LogP contribution in [0.25, 0.3) is 6.08 Å². The molecule has 3 aromatic rings. The lowest BCUT2D eigenvalue weighted by Gasteiger charge is -2.13. The number of benzene rings is 3. The summed E-state index contributed by atoms with van der Waals surface area (Å²) in [5.74, 6) is -0.0399. The van der Waals surface area contributed by atoms with Gasteiger partial charge in [-0.05, 0) is 85.3 Å². The number of ether oxygens (including phenoxy) is 3. The minimum absolute atomic E-state index is 0.168. The van der Waals surface area contributed by atoms with Crippen LogP contribution in [0.1, 0.15) is 18.1 Å². The van der Waals surface area contributed by atoms with Crippen LogP contribution in [0.15, 0.2) is 71.6 Å². The number of nitrogens with one attached hydrogen (secondary N) is 2. The normalized spacial score (nSPS) is 13.7. The Balaban J connectivity index is 1.39. The van der Waals surface area contributed by atoms with Crippen molar-refractivity contribution in [3.05, 3.63) is 82.8 Å². The van der Waals surface area contributed by atoms with Crippen LogP contribution < -0.4 is 24.8 Å². The van der Waals surface area contributed by atoms with E-state index in [1.165, 1.54) is 7.11 Å². The third-order valence-corrected chi connectivity index (χ3v) is 6.80. The highest BCUT2D eigenvalue weighted by molar-refractivity contribution is 8.18. The van der Waals surface area contributed by atoms with Gasteiger partial charge in [-0.1, -0.05) is 24.3 Å². The molecule has 10 nitrogen and oxygen atoms in total. The Morgan fingerprint density at radius 1 is 0.927 bits per heavy atom. The van der Waals surface area contributed by atoms with E-state index in [9.17, 15) is 19.2 Å². The number of amides is 4. The lowest BCUT2D eigenvalue weighted by atomic mass is 10.2. The van der Waals surface area contributed by atoms with Crippen molar-refractivity contribution in [1.82, 2.24) is 4.90 Å². The van der Waals surface area contributed by atoms with E-state index in [0.29, 0.717) is 40.8 Å². The van der Waals surface area contributed by atoms with E-state index in [4.69, 9.17) is 14.2 Å². The van der Waals surface area contributed by atoms with Gasteiger partial charge < -0.3 is 24.8 Å². The molecule has 0 unspecified atom stereocenters. The quantitative estimate of drug-likeness (QED) is 0.303. The molecule has 0 aliphatic carbocycles. The Morgan fingerprint density at radius 3 is 2.39 bits per heavy atom. The van der Waals surface area contributed by atoms with Crippen LogP contribution in [-0.2, 0) is 14.4 Å². The van der Waals surface area contributed by atoms with Crippen molar-refractivity contribution in [1.29, 1.82) is 0 Å². The second-order valence-electron chi connectivity index (χ2n) is 8.84. The summed E-state index contributed by atoms with van der Waals surface area (Å²) >= 11 is 0.746. The minimum Gasteiger partial charge on any atom is -0.497 e. The zero-order valence-corrected chi connectivity index (χ0v) is 23.6. The number of hydrogen-bond donors (Lipinski definition) is 2. The van der Waals surface area contributed by atoms with Crippen LogP contribution in [0.4, 0.5) is 16.2 Å². The summed E-state index contributed by atoms with van der Waals surface area (Å²) in [6.45, 7) is 3.40. The molecular formula is C30H29N3O7S.